The topological polar surface area (TPSA) is 43.1 Å². The highest BCUT2D eigenvalue weighted by Gasteiger charge is 2.16. The quantitative estimate of drug-likeness (QED) is 0.743. The molecule has 0 aliphatic heterocycles. The molecule has 0 bridgehead atoms. The van der Waals surface area contributed by atoms with E-state index in [4.69, 9.17) is 4.42 Å². The number of hydrogen-bond donors (Lipinski definition) is 0. The van der Waals surface area contributed by atoms with Crippen LogP contribution in [0.2, 0.25) is 0 Å². The smallest absolute Gasteiger partial charge is 0.268 e. The van der Waals surface area contributed by atoms with Crippen molar-refractivity contribution in [2.24, 2.45) is 0 Å². The van der Waals surface area contributed by atoms with E-state index in [2.05, 4.69) is 25.8 Å². The molecular weight excluding hydrogens is 214 g/mol. The third kappa shape index (κ3) is 2.44. The summed E-state index contributed by atoms with van der Waals surface area (Å²) in [6.45, 7) is 6.41. The average Bonchev–Trinajstić information content (AvgIpc) is 2.80. The Hall–Kier alpha value is -1.90. The van der Waals surface area contributed by atoms with Crippen LogP contribution in [-0.4, -0.2) is 10.8 Å². The minimum Gasteiger partial charge on any atom is -0.442 e. The Morgan fingerprint density at radius 1 is 1.18 bits per heavy atom. The number of ketones is 1. The zero-order valence-corrected chi connectivity index (χ0v) is 10.2. The van der Waals surface area contributed by atoms with Crippen molar-refractivity contribution in [1.82, 2.24) is 4.98 Å². The molecule has 0 spiro atoms. The van der Waals surface area contributed by atoms with Gasteiger partial charge in [-0.25, -0.2) is 4.98 Å². The number of aromatic nitrogens is 1. The second-order valence-electron chi connectivity index (χ2n) is 4.99. The van der Waals surface area contributed by atoms with Gasteiger partial charge in [-0.15, -0.1) is 0 Å². The summed E-state index contributed by atoms with van der Waals surface area (Å²) >= 11 is 0. The maximum atomic E-state index is 11.9. The zero-order chi connectivity index (χ0) is 12.5. The van der Waals surface area contributed by atoms with E-state index in [9.17, 15) is 4.79 Å². The third-order valence-electron chi connectivity index (χ3n) is 2.64. The lowest BCUT2D eigenvalue weighted by Gasteiger charge is -2.18. The van der Waals surface area contributed by atoms with Crippen LogP contribution in [0.3, 0.4) is 0 Å². The van der Waals surface area contributed by atoms with E-state index < -0.39 is 0 Å². The number of carbonyl (C=O) groups excluding carboxylic acids is 1. The predicted octanol–water partition coefficient (Wildman–Crippen LogP) is 3.20. The van der Waals surface area contributed by atoms with Crippen LogP contribution in [0.5, 0.6) is 0 Å². The van der Waals surface area contributed by atoms with E-state index in [1.807, 2.05) is 24.3 Å². The van der Waals surface area contributed by atoms with Crippen LogP contribution in [0.4, 0.5) is 0 Å². The molecule has 1 aromatic heterocycles. The number of benzene rings is 1. The molecule has 0 unspecified atom stereocenters. The van der Waals surface area contributed by atoms with Crippen molar-refractivity contribution < 1.29 is 9.21 Å². The monoisotopic (exact) mass is 229 g/mol. The number of carbonyl (C=O) groups is 1. The Morgan fingerprint density at radius 2 is 1.82 bits per heavy atom. The minimum atomic E-state index is -0.185. The van der Waals surface area contributed by atoms with Gasteiger partial charge in [0.05, 0.1) is 6.20 Å². The molecule has 88 valence electrons. The lowest BCUT2D eigenvalue weighted by atomic mass is 9.86. The van der Waals surface area contributed by atoms with Crippen molar-refractivity contribution in [1.29, 1.82) is 0 Å². The first-order chi connectivity index (χ1) is 7.98. The molecule has 0 amide bonds. The summed E-state index contributed by atoms with van der Waals surface area (Å²) in [6.07, 6.45) is 2.87. The normalized spacial score (nSPS) is 11.5. The average molecular weight is 229 g/mol. The fourth-order valence-corrected chi connectivity index (χ4v) is 1.58. The summed E-state index contributed by atoms with van der Waals surface area (Å²) in [7, 11) is 0. The Labute approximate surface area is 100 Å². The molecule has 2 rings (SSSR count). The van der Waals surface area contributed by atoms with Crippen LogP contribution < -0.4 is 0 Å². The van der Waals surface area contributed by atoms with E-state index >= 15 is 0 Å². The molecule has 1 aromatic carbocycles. The Kier molecular flexibility index (Phi) is 2.84. The second kappa shape index (κ2) is 4.17. The molecule has 0 fully saturated rings. The van der Waals surface area contributed by atoms with Gasteiger partial charge in [-0.05, 0) is 11.0 Å². The lowest BCUT2D eigenvalue weighted by molar-refractivity contribution is 0.100. The molecule has 0 radical (unpaired) electrons. The Balaban J connectivity index is 2.28. The molecule has 0 saturated carbocycles. The third-order valence-corrected chi connectivity index (χ3v) is 2.64. The SMILES string of the molecule is CC(C)(C)c1ccc(C(=O)c2ncco2)cc1. The highest BCUT2D eigenvalue weighted by molar-refractivity contribution is 6.05. The number of rotatable bonds is 2. The second-order valence-corrected chi connectivity index (χ2v) is 4.99. The first-order valence-electron chi connectivity index (χ1n) is 5.53. The molecule has 0 N–H and O–H groups in total. The molecular formula is C14H15NO2. The highest BCUT2D eigenvalue weighted by atomic mass is 16.3. The van der Waals surface area contributed by atoms with E-state index in [0.29, 0.717) is 5.56 Å². The van der Waals surface area contributed by atoms with E-state index in [1.54, 1.807) is 0 Å². The van der Waals surface area contributed by atoms with Gasteiger partial charge in [-0.3, -0.25) is 4.79 Å². The van der Waals surface area contributed by atoms with Crippen LogP contribution in [0.15, 0.2) is 41.1 Å². The summed E-state index contributed by atoms with van der Waals surface area (Å²) in [6, 6.07) is 7.56. The molecule has 3 heteroatoms. The summed E-state index contributed by atoms with van der Waals surface area (Å²) in [4.78, 5) is 15.8. The van der Waals surface area contributed by atoms with Crippen molar-refractivity contribution in [3.63, 3.8) is 0 Å². The van der Waals surface area contributed by atoms with Gasteiger partial charge < -0.3 is 4.42 Å². The molecule has 2 aromatic rings. The maximum Gasteiger partial charge on any atom is 0.268 e. The molecule has 3 nitrogen and oxygen atoms in total. The van der Waals surface area contributed by atoms with Gasteiger partial charge >= 0.3 is 0 Å². The Bertz CT molecular complexity index is 504. The highest BCUT2D eigenvalue weighted by Crippen LogP contribution is 2.22. The van der Waals surface area contributed by atoms with Crippen molar-refractivity contribution in [2.75, 3.05) is 0 Å². The van der Waals surface area contributed by atoms with Gasteiger partial charge in [0.1, 0.15) is 6.26 Å². The molecule has 0 aliphatic carbocycles. The van der Waals surface area contributed by atoms with E-state index in [1.165, 1.54) is 18.0 Å². The summed E-state index contributed by atoms with van der Waals surface area (Å²) in [5.74, 6) is -0.0519. The Morgan fingerprint density at radius 3 is 2.29 bits per heavy atom. The molecule has 0 saturated heterocycles. The largest absolute Gasteiger partial charge is 0.442 e. The van der Waals surface area contributed by atoms with Crippen LogP contribution >= 0.6 is 0 Å². The number of nitrogens with zero attached hydrogens (tertiary/aromatic N) is 1. The minimum absolute atomic E-state index is 0.0878. The number of oxazole rings is 1. The van der Waals surface area contributed by atoms with Crippen LogP contribution in [0.25, 0.3) is 0 Å². The van der Waals surface area contributed by atoms with Gasteiger partial charge in [0.15, 0.2) is 0 Å². The van der Waals surface area contributed by atoms with Crippen LogP contribution in [-0.2, 0) is 5.41 Å². The van der Waals surface area contributed by atoms with Crippen LogP contribution in [0, 0.1) is 0 Å². The van der Waals surface area contributed by atoms with Gasteiger partial charge in [-0.1, -0.05) is 45.0 Å². The summed E-state index contributed by atoms with van der Waals surface area (Å²) < 4.78 is 4.99. The van der Waals surface area contributed by atoms with E-state index in [0.717, 1.165) is 0 Å². The zero-order valence-electron chi connectivity index (χ0n) is 10.2. The van der Waals surface area contributed by atoms with Gasteiger partial charge in [0.2, 0.25) is 5.78 Å². The van der Waals surface area contributed by atoms with Gasteiger partial charge in [0.25, 0.3) is 5.89 Å². The lowest BCUT2D eigenvalue weighted by Crippen LogP contribution is -2.11. The van der Waals surface area contributed by atoms with Crippen molar-refractivity contribution in [3.8, 4) is 0 Å². The molecule has 17 heavy (non-hydrogen) atoms. The van der Waals surface area contributed by atoms with Gasteiger partial charge in [0, 0.05) is 5.56 Å². The van der Waals surface area contributed by atoms with E-state index in [-0.39, 0.29) is 17.1 Å². The van der Waals surface area contributed by atoms with Crippen LogP contribution in [0.1, 0.15) is 42.6 Å². The first kappa shape index (κ1) is 11.6. The van der Waals surface area contributed by atoms with Gasteiger partial charge in [-0.2, -0.15) is 0 Å². The number of hydrogen-bond acceptors (Lipinski definition) is 3. The predicted molar refractivity (Wildman–Crippen MR) is 65.1 cm³/mol. The fraction of sp³-hybridized carbons (Fsp3) is 0.286. The summed E-state index contributed by atoms with van der Waals surface area (Å²) in [5, 5.41) is 0. The first-order valence-corrected chi connectivity index (χ1v) is 5.53. The summed E-state index contributed by atoms with van der Waals surface area (Å²) in [5.41, 5.74) is 1.88. The molecule has 0 aliphatic rings. The maximum absolute atomic E-state index is 11.9. The van der Waals surface area contributed by atoms with Crippen molar-refractivity contribution in [3.05, 3.63) is 53.7 Å². The standard InChI is InChI=1S/C14H15NO2/c1-14(2,3)11-6-4-10(5-7-11)12(16)13-15-8-9-17-13/h4-9H,1-3H3. The molecule has 0 atom stereocenters. The van der Waals surface area contributed by atoms with Crippen molar-refractivity contribution >= 4 is 5.78 Å². The van der Waals surface area contributed by atoms with Crippen molar-refractivity contribution in [2.45, 2.75) is 26.2 Å². The molecule has 1 heterocycles. The fourth-order valence-electron chi connectivity index (χ4n) is 1.58.